The Hall–Kier alpha value is -2.32. The average Bonchev–Trinajstić information content (AvgIpc) is 3.23. The lowest BCUT2D eigenvalue weighted by molar-refractivity contribution is -0.134. The predicted molar refractivity (Wildman–Crippen MR) is 84.7 cm³/mol. The van der Waals surface area contributed by atoms with Gasteiger partial charge in [0, 0.05) is 11.4 Å². The van der Waals surface area contributed by atoms with Crippen molar-refractivity contribution < 1.29 is 9.53 Å². The first kappa shape index (κ1) is 14.6. The van der Waals surface area contributed by atoms with E-state index >= 15 is 0 Å². The number of ether oxygens (including phenoxy) is 1. The molecular weight excluding hydrogens is 296 g/mol. The number of likely N-dealkylation sites (tertiary alicyclic amines) is 1. The number of thiophene rings is 1. The van der Waals surface area contributed by atoms with Crippen LogP contribution in [0, 0.1) is 11.3 Å². The summed E-state index contributed by atoms with van der Waals surface area (Å²) in [7, 11) is 0. The van der Waals surface area contributed by atoms with Gasteiger partial charge < -0.3 is 9.64 Å². The number of benzene rings is 1. The summed E-state index contributed by atoms with van der Waals surface area (Å²) in [6.45, 7) is 0.825. The molecule has 0 N–H and O–H groups in total. The SMILES string of the molecule is N#Cc1ccc(OCC(=O)N2CCC[C@@H]2c2cccs2)cc1. The third kappa shape index (κ3) is 3.12. The molecule has 1 atom stereocenters. The summed E-state index contributed by atoms with van der Waals surface area (Å²) < 4.78 is 5.55. The van der Waals surface area contributed by atoms with E-state index in [-0.39, 0.29) is 18.6 Å². The van der Waals surface area contributed by atoms with Crippen LogP contribution in [0.15, 0.2) is 41.8 Å². The number of amides is 1. The van der Waals surface area contributed by atoms with E-state index in [2.05, 4.69) is 12.1 Å². The molecule has 0 aliphatic carbocycles. The summed E-state index contributed by atoms with van der Waals surface area (Å²) in [5, 5.41) is 10.8. The topological polar surface area (TPSA) is 53.3 Å². The maximum absolute atomic E-state index is 12.4. The number of nitrogens with zero attached hydrogens (tertiary/aromatic N) is 2. The van der Waals surface area contributed by atoms with Crippen LogP contribution < -0.4 is 4.74 Å². The van der Waals surface area contributed by atoms with Gasteiger partial charge in [-0.1, -0.05) is 6.07 Å². The molecule has 0 saturated carbocycles. The third-order valence-electron chi connectivity index (χ3n) is 3.79. The lowest BCUT2D eigenvalue weighted by Gasteiger charge is -2.23. The third-order valence-corrected chi connectivity index (χ3v) is 4.76. The number of hydrogen-bond acceptors (Lipinski definition) is 4. The van der Waals surface area contributed by atoms with Crippen molar-refractivity contribution in [3.63, 3.8) is 0 Å². The quantitative estimate of drug-likeness (QED) is 0.870. The second-order valence-electron chi connectivity index (χ2n) is 5.19. The van der Waals surface area contributed by atoms with Crippen LogP contribution in [-0.2, 0) is 4.79 Å². The van der Waals surface area contributed by atoms with Gasteiger partial charge in [0.1, 0.15) is 5.75 Å². The van der Waals surface area contributed by atoms with Crippen molar-refractivity contribution in [1.82, 2.24) is 4.90 Å². The number of rotatable bonds is 4. The molecule has 1 aromatic carbocycles. The molecule has 1 saturated heterocycles. The van der Waals surface area contributed by atoms with Crippen molar-refractivity contribution in [2.45, 2.75) is 18.9 Å². The van der Waals surface area contributed by atoms with Crippen LogP contribution in [0.1, 0.15) is 29.3 Å². The highest BCUT2D eigenvalue weighted by molar-refractivity contribution is 7.10. The molecule has 5 heteroatoms. The summed E-state index contributed by atoms with van der Waals surface area (Å²) in [5.41, 5.74) is 0.580. The smallest absolute Gasteiger partial charge is 0.261 e. The number of carbonyl (C=O) groups excluding carboxylic acids is 1. The van der Waals surface area contributed by atoms with Crippen molar-refractivity contribution in [3.05, 3.63) is 52.2 Å². The van der Waals surface area contributed by atoms with E-state index in [0.29, 0.717) is 11.3 Å². The standard InChI is InChI=1S/C17H16N2O2S/c18-11-13-5-7-14(8-6-13)21-12-17(20)19-9-1-3-15(19)16-4-2-10-22-16/h2,4-8,10,15H,1,3,9,12H2/t15-/m1/s1. The first-order valence-electron chi connectivity index (χ1n) is 7.24. The first-order chi connectivity index (χ1) is 10.8. The Labute approximate surface area is 133 Å². The van der Waals surface area contributed by atoms with E-state index in [0.717, 1.165) is 19.4 Å². The molecule has 2 heterocycles. The van der Waals surface area contributed by atoms with Gasteiger partial charge in [0.2, 0.25) is 0 Å². The molecule has 22 heavy (non-hydrogen) atoms. The molecule has 4 nitrogen and oxygen atoms in total. The fourth-order valence-electron chi connectivity index (χ4n) is 2.70. The summed E-state index contributed by atoms with van der Waals surface area (Å²) >= 11 is 1.69. The van der Waals surface area contributed by atoms with Crippen LogP contribution in [0.25, 0.3) is 0 Å². The van der Waals surface area contributed by atoms with Gasteiger partial charge in [0.25, 0.3) is 5.91 Å². The van der Waals surface area contributed by atoms with Gasteiger partial charge in [-0.3, -0.25) is 4.79 Å². The van der Waals surface area contributed by atoms with E-state index in [9.17, 15) is 4.79 Å². The van der Waals surface area contributed by atoms with Gasteiger partial charge in [-0.05, 0) is 48.6 Å². The lowest BCUT2D eigenvalue weighted by atomic mass is 10.2. The summed E-state index contributed by atoms with van der Waals surface area (Å²) in [4.78, 5) is 15.6. The predicted octanol–water partition coefficient (Wildman–Crippen LogP) is 3.36. The van der Waals surface area contributed by atoms with Crippen LogP contribution in [0.2, 0.25) is 0 Å². The maximum atomic E-state index is 12.4. The van der Waals surface area contributed by atoms with Crippen LogP contribution in [-0.4, -0.2) is 24.0 Å². The molecule has 2 aromatic rings. The Balaban J connectivity index is 1.60. The van der Waals surface area contributed by atoms with Crippen LogP contribution in [0.3, 0.4) is 0 Å². The summed E-state index contributed by atoms with van der Waals surface area (Å²) in [5.74, 6) is 0.625. The number of hydrogen-bond donors (Lipinski definition) is 0. The van der Waals surface area contributed by atoms with Crippen molar-refractivity contribution in [2.75, 3.05) is 13.2 Å². The van der Waals surface area contributed by atoms with Gasteiger partial charge >= 0.3 is 0 Å². The Bertz CT molecular complexity index is 674. The molecule has 1 aliphatic heterocycles. The van der Waals surface area contributed by atoms with Crippen molar-refractivity contribution in [2.24, 2.45) is 0 Å². The number of nitriles is 1. The fraction of sp³-hybridized carbons (Fsp3) is 0.294. The molecule has 1 aliphatic rings. The maximum Gasteiger partial charge on any atom is 0.261 e. The minimum Gasteiger partial charge on any atom is -0.484 e. The summed E-state index contributed by atoms with van der Waals surface area (Å²) in [6.07, 6.45) is 2.05. The van der Waals surface area contributed by atoms with Crippen LogP contribution in [0.5, 0.6) is 5.75 Å². The monoisotopic (exact) mass is 312 g/mol. The Morgan fingerprint density at radius 1 is 1.36 bits per heavy atom. The van der Waals surface area contributed by atoms with Gasteiger partial charge in [0.05, 0.1) is 17.7 Å². The van der Waals surface area contributed by atoms with Gasteiger partial charge in [0.15, 0.2) is 6.61 Å². The highest BCUT2D eigenvalue weighted by Gasteiger charge is 2.30. The highest BCUT2D eigenvalue weighted by atomic mass is 32.1. The second-order valence-corrected chi connectivity index (χ2v) is 6.16. The molecule has 0 spiro atoms. The molecule has 0 unspecified atom stereocenters. The Morgan fingerprint density at radius 2 is 2.18 bits per heavy atom. The Morgan fingerprint density at radius 3 is 2.86 bits per heavy atom. The fourth-order valence-corrected chi connectivity index (χ4v) is 3.57. The first-order valence-corrected chi connectivity index (χ1v) is 8.12. The molecule has 0 radical (unpaired) electrons. The molecule has 1 fully saturated rings. The number of carbonyl (C=O) groups is 1. The van der Waals surface area contributed by atoms with E-state index < -0.39 is 0 Å². The minimum atomic E-state index is 0.0141. The van der Waals surface area contributed by atoms with Crippen LogP contribution in [0.4, 0.5) is 0 Å². The zero-order valence-corrected chi connectivity index (χ0v) is 12.9. The molecular formula is C17H16N2O2S. The van der Waals surface area contributed by atoms with E-state index in [4.69, 9.17) is 10.00 Å². The van der Waals surface area contributed by atoms with E-state index in [1.54, 1.807) is 35.6 Å². The largest absolute Gasteiger partial charge is 0.484 e. The van der Waals surface area contributed by atoms with E-state index in [1.165, 1.54) is 4.88 Å². The molecule has 1 amide bonds. The molecule has 3 rings (SSSR count). The van der Waals surface area contributed by atoms with Gasteiger partial charge in [-0.2, -0.15) is 5.26 Å². The average molecular weight is 312 g/mol. The molecule has 0 bridgehead atoms. The van der Waals surface area contributed by atoms with E-state index in [1.807, 2.05) is 16.3 Å². The van der Waals surface area contributed by atoms with Crippen molar-refractivity contribution >= 4 is 17.2 Å². The van der Waals surface area contributed by atoms with Gasteiger partial charge in [-0.25, -0.2) is 0 Å². The molecule has 1 aromatic heterocycles. The van der Waals surface area contributed by atoms with Crippen molar-refractivity contribution in [3.8, 4) is 11.8 Å². The Kier molecular flexibility index (Phi) is 4.40. The van der Waals surface area contributed by atoms with Crippen molar-refractivity contribution in [1.29, 1.82) is 5.26 Å². The van der Waals surface area contributed by atoms with Crippen LogP contribution >= 0.6 is 11.3 Å². The van der Waals surface area contributed by atoms with Gasteiger partial charge in [-0.15, -0.1) is 11.3 Å². The zero-order chi connectivity index (χ0) is 15.4. The summed E-state index contributed by atoms with van der Waals surface area (Å²) in [6, 6.07) is 13.2. The normalized spacial score (nSPS) is 17.2. The second kappa shape index (κ2) is 6.63. The minimum absolute atomic E-state index is 0.0141. The lowest BCUT2D eigenvalue weighted by Crippen LogP contribution is -2.34. The molecule has 112 valence electrons. The highest BCUT2D eigenvalue weighted by Crippen LogP contribution is 2.34. The zero-order valence-electron chi connectivity index (χ0n) is 12.1.